The Kier molecular flexibility index (Phi) is 6.52. The van der Waals surface area contributed by atoms with Crippen molar-refractivity contribution in [3.8, 4) is 0 Å². The monoisotopic (exact) mass is 483 g/mol. The summed E-state index contributed by atoms with van der Waals surface area (Å²) in [6.07, 6.45) is 0.325. The van der Waals surface area contributed by atoms with Crippen LogP contribution in [0.1, 0.15) is 29.4 Å². The minimum absolute atomic E-state index is 0.0143. The predicted molar refractivity (Wildman–Crippen MR) is 128 cm³/mol. The number of hydrogen-bond acceptors (Lipinski definition) is 7. The molecule has 0 bridgehead atoms. The van der Waals surface area contributed by atoms with Crippen LogP contribution in [0.25, 0.3) is 11.0 Å². The van der Waals surface area contributed by atoms with Crippen LogP contribution in [0.15, 0.2) is 53.3 Å². The number of carbonyl (C=O) groups excluding carboxylic acids is 2. The minimum Gasteiger partial charge on any atom is -0.452 e. The largest absolute Gasteiger partial charge is 0.452 e. The summed E-state index contributed by atoms with van der Waals surface area (Å²) in [6, 6.07) is 12.9. The van der Waals surface area contributed by atoms with Crippen LogP contribution in [0.4, 0.5) is 5.69 Å². The average molecular weight is 484 g/mol. The van der Waals surface area contributed by atoms with Gasteiger partial charge in [0.1, 0.15) is 5.69 Å². The minimum atomic E-state index is -3.22. The molecule has 1 saturated heterocycles. The van der Waals surface area contributed by atoms with E-state index in [1.807, 2.05) is 6.92 Å². The van der Waals surface area contributed by atoms with E-state index < -0.39 is 34.4 Å². The molecule has 0 unspecified atom stereocenters. The molecule has 2 heterocycles. The van der Waals surface area contributed by atoms with Crippen molar-refractivity contribution >= 4 is 38.4 Å². The van der Waals surface area contributed by atoms with Crippen molar-refractivity contribution in [2.45, 2.75) is 32.9 Å². The van der Waals surface area contributed by atoms with Crippen LogP contribution in [0, 0.1) is 6.92 Å². The lowest BCUT2D eigenvalue weighted by Crippen LogP contribution is -2.43. The molecule has 1 amide bonds. The van der Waals surface area contributed by atoms with E-state index in [9.17, 15) is 22.8 Å². The third-order valence-electron chi connectivity index (χ3n) is 5.86. The van der Waals surface area contributed by atoms with E-state index in [1.165, 1.54) is 17.0 Å². The van der Waals surface area contributed by atoms with E-state index in [0.29, 0.717) is 35.4 Å². The number of nitrogens with zero attached hydrogens (tertiary/aromatic N) is 3. The number of aryl methyl sites for hydroxylation is 2. The molecule has 1 aliphatic heterocycles. The van der Waals surface area contributed by atoms with E-state index in [1.54, 1.807) is 47.9 Å². The Morgan fingerprint density at radius 2 is 1.91 bits per heavy atom. The first kappa shape index (κ1) is 23.6. The number of rotatable bonds is 6. The quantitative estimate of drug-likeness (QED) is 0.493. The van der Waals surface area contributed by atoms with Gasteiger partial charge in [-0.1, -0.05) is 18.2 Å². The van der Waals surface area contributed by atoms with Crippen molar-refractivity contribution in [1.29, 1.82) is 0 Å². The van der Waals surface area contributed by atoms with Crippen molar-refractivity contribution in [3.63, 3.8) is 0 Å². The van der Waals surface area contributed by atoms with Gasteiger partial charge in [-0.15, -0.1) is 0 Å². The van der Waals surface area contributed by atoms with E-state index >= 15 is 0 Å². The van der Waals surface area contributed by atoms with E-state index in [-0.39, 0.29) is 22.6 Å². The summed E-state index contributed by atoms with van der Waals surface area (Å²) in [7, 11) is -3.22. The second-order valence-electron chi connectivity index (χ2n) is 8.18. The summed E-state index contributed by atoms with van der Waals surface area (Å²) in [6.45, 7) is 3.38. The Hall–Kier alpha value is -3.53. The summed E-state index contributed by atoms with van der Waals surface area (Å²) in [4.78, 5) is 43.7. The third kappa shape index (κ3) is 4.72. The topological polar surface area (TPSA) is 116 Å². The molecule has 3 aromatic rings. The summed E-state index contributed by atoms with van der Waals surface area (Å²) in [5.41, 5.74) is 1.95. The number of benzene rings is 2. The molecule has 0 spiro atoms. The van der Waals surface area contributed by atoms with E-state index in [2.05, 4.69) is 4.98 Å². The summed E-state index contributed by atoms with van der Waals surface area (Å²) >= 11 is 0. The van der Waals surface area contributed by atoms with Gasteiger partial charge in [-0.3, -0.25) is 9.59 Å². The van der Waals surface area contributed by atoms with Crippen molar-refractivity contribution in [1.82, 2.24) is 9.55 Å². The van der Waals surface area contributed by atoms with Crippen molar-refractivity contribution in [2.75, 3.05) is 23.0 Å². The fourth-order valence-corrected chi connectivity index (χ4v) is 5.92. The molecule has 1 fully saturated rings. The van der Waals surface area contributed by atoms with Crippen LogP contribution in [0.3, 0.4) is 0 Å². The molecule has 0 aliphatic carbocycles. The molecular formula is C24H25N3O6S. The molecule has 4 rings (SSSR count). The fraction of sp³-hybridized carbons (Fsp3) is 0.333. The Labute approximate surface area is 196 Å². The SMILES string of the molecule is CCn1c(=O)c(C)nc2cc(C(=O)OCC(=O)N(c3ccccc3)[C@H]3CCS(=O)(=O)C3)ccc21. The second-order valence-corrected chi connectivity index (χ2v) is 10.4. The standard InChI is InChI=1S/C24H25N3O6S/c1-3-26-21-10-9-17(13-20(21)25-16(2)23(26)29)24(30)33-14-22(28)27(18-7-5-4-6-8-18)19-11-12-34(31,32)15-19/h4-10,13,19H,3,11-12,14-15H2,1-2H3/t19-/m0/s1. The molecule has 1 aliphatic rings. The van der Waals surface area contributed by atoms with Crippen molar-refractivity contribution in [2.24, 2.45) is 0 Å². The highest BCUT2D eigenvalue weighted by molar-refractivity contribution is 7.91. The zero-order valence-corrected chi connectivity index (χ0v) is 19.7. The maximum Gasteiger partial charge on any atom is 0.338 e. The predicted octanol–water partition coefficient (Wildman–Crippen LogP) is 2.10. The summed E-state index contributed by atoms with van der Waals surface area (Å²) in [5, 5.41) is 0. The van der Waals surface area contributed by atoms with Crippen LogP contribution in [0.2, 0.25) is 0 Å². The first-order valence-corrected chi connectivity index (χ1v) is 12.8. The fourth-order valence-electron chi connectivity index (χ4n) is 4.22. The van der Waals surface area contributed by atoms with Crippen LogP contribution in [0.5, 0.6) is 0 Å². The van der Waals surface area contributed by atoms with Crippen molar-refractivity contribution < 1.29 is 22.7 Å². The lowest BCUT2D eigenvalue weighted by molar-refractivity contribution is -0.122. The Morgan fingerprint density at radius 1 is 1.18 bits per heavy atom. The highest BCUT2D eigenvalue weighted by atomic mass is 32.2. The van der Waals surface area contributed by atoms with Gasteiger partial charge in [0.05, 0.1) is 34.1 Å². The highest BCUT2D eigenvalue weighted by Crippen LogP contribution is 2.25. The molecule has 10 heteroatoms. The lowest BCUT2D eigenvalue weighted by Gasteiger charge is -2.28. The van der Waals surface area contributed by atoms with Gasteiger partial charge in [-0.25, -0.2) is 18.2 Å². The Bertz CT molecular complexity index is 1420. The number of sulfone groups is 1. The van der Waals surface area contributed by atoms with E-state index in [4.69, 9.17) is 4.74 Å². The second kappa shape index (κ2) is 9.38. The number of para-hydroxylation sites is 1. The molecule has 0 radical (unpaired) electrons. The van der Waals surface area contributed by atoms with Gasteiger partial charge in [-0.05, 0) is 50.6 Å². The van der Waals surface area contributed by atoms with Gasteiger partial charge in [0.25, 0.3) is 11.5 Å². The highest BCUT2D eigenvalue weighted by Gasteiger charge is 2.35. The molecular weight excluding hydrogens is 458 g/mol. The maximum absolute atomic E-state index is 13.1. The zero-order chi connectivity index (χ0) is 24.5. The normalized spacial score (nSPS) is 16.9. The number of aromatic nitrogens is 2. The summed E-state index contributed by atoms with van der Waals surface area (Å²) in [5.74, 6) is -1.33. The first-order valence-electron chi connectivity index (χ1n) is 11.0. The zero-order valence-electron chi connectivity index (χ0n) is 18.9. The molecule has 1 aromatic heterocycles. The first-order chi connectivity index (χ1) is 16.2. The number of anilines is 1. The van der Waals surface area contributed by atoms with Gasteiger partial charge >= 0.3 is 5.97 Å². The van der Waals surface area contributed by atoms with Gasteiger partial charge in [0, 0.05) is 12.2 Å². The van der Waals surface area contributed by atoms with Gasteiger partial charge in [0.2, 0.25) is 0 Å². The number of ether oxygens (including phenoxy) is 1. The van der Waals surface area contributed by atoms with Crippen molar-refractivity contribution in [3.05, 3.63) is 70.1 Å². The van der Waals surface area contributed by atoms with Crippen LogP contribution in [-0.2, 0) is 25.9 Å². The molecule has 0 saturated carbocycles. The average Bonchev–Trinajstić information content (AvgIpc) is 3.18. The Balaban J connectivity index is 1.54. The molecule has 178 valence electrons. The van der Waals surface area contributed by atoms with Crippen LogP contribution >= 0.6 is 0 Å². The number of hydrogen-bond donors (Lipinski definition) is 0. The smallest absolute Gasteiger partial charge is 0.338 e. The molecule has 0 N–H and O–H groups in total. The molecule has 9 nitrogen and oxygen atoms in total. The molecule has 2 aromatic carbocycles. The van der Waals surface area contributed by atoms with Gasteiger partial charge in [0.15, 0.2) is 16.4 Å². The van der Waals surface area contributed by atoms with Gasteiger partial charge in [-0.2, -0.15) is 0 Å². The lowest BCUT2D eigenvalue weighted by atomic mass is 10.1. The number of carbonyl (C=O) groups is 2. The van der Waals surface area contributed by atoms with E-state index in [0.717, 1.165) is 0 Å². The maximum atomic E-state index is 13.1. The van der Waals surface area contributed by atoms with Gasteiger partial charge < -0.3 is 14.2 Å². The summed E-state index contributed by atoms with van der Waals surface area (Å²) < 4.78 is 30.9. The molecule has 1 atom stereocenters. The molecule has 34 heavy (non-hydrogen) atoms. The number of fused-ring (bicyclic) bond motifs is 1. The Morgan fingerprint density at radius 3 is 2.56 bits per heavy atom. The van der Waals surface area contributed by atoms with Crippen LogP contribution < -0.4 is 10.5 Å². The third-order valence-corrected chi connectivity index (χ3v) is 7.61. The number of amides is 1. The van der Waals surface area contributed by atoms with Crippen LogP contribution in [-0.4, -0.2) is 54.0 Å². The number of esters is 1.